The van der Waals surface area contributed by atoms with Gasteiger partial charge in [-0.1, -0.05) is 60.7 Å². The summed E-state index contributed by atoms with van der Waals surface area (Å²) in [7, 11) is -3.66. The van der Waals surface area contributed by atoms with E-state index >= 15 is 0 Å². The van der Waals surface area contributed by atoms with Gasteiger partial charge in [-0.2, -0.15) is 8.42 Å². The molecule has 0 bridgehead atoms. The molecule has 0 spiro atoms. The van der Waals surface area contributed by atoms with E-state index in [4.69, 9.17) is 0 Å². The van der Waals surface area contributed by atoms with E-state index in [1.54, 1.807) is 13.8 Å². The number of carbonyl (C=O) groups excluding carboxylic acids is 1. The molecular formula is C23H27N3O3S. The summed E-state index contributed by atoms with van der Waals surface area (Å²) in [6.45, 7) is 3.34. The highest BCUT2D eigenvalue weighted by molar-refractivity contribution is 7.88. The molecule has 0 saturated heterocycles. The van der Waals surface area contributed by atoms with E-state index in [1.165, 1.54) is 5.56 Å². The Morgan fingerprint density at radius 2 is 1.63 bits per heavy atom. The topological polar surface area (TPSA) is 87.6 Å². The average molecular weight is 426 g/mol. The number of hydrogen-bond donors (Lipinski definition) is 2. The second-order valence-corrected chi connectivity index (χ2v) is 8.75. The van der Waals surface area contributed by atoms with E-state index in [2.05, 4.69) is 26.6 Å². The van der Waals surface area contributed by atoms with Gasteiger partial charge >= 0.3 is 10.2 Å². The van der Waals surface area contributed by atoms with Gasteiger partial charge in [0.1, 0.15) is 0 Å². The van der Waals surface area contributed by atoms with Crippen LogP contribution in [-0.2, 0) is 21.4 Å². The first-order valence-corrected chi connectivity index (χ1v) is 11.5. The number of benzene rings is 2. The van der Waals surface area contributed by atoms with Gasteiger partial charge < -0.3 is 5.32 Å². The molecule has 2 aromatic carbocycles. The highest BCUT2D eigenvalue weighted by Crippen LogP contribution is 2.21. The van der Waals surface area contributed by atoms with E-state index < -0.39 is 10.2 Å². The molecule has 158 valence electrons. The molecule has 1 heterocycles. The summed E-state index contributed by atoms with van der Waals surface area (Å²) in [6.07, 6.45) is 2.34. The second-order valence-electron chi connectivity index (χ2n) is 7.41. The Bertz CT molecular complexity index is 1050. The number of nitrogens with one attached hydrogen (secondary N) is 2. The van der Waals surface area contributed by atoms with Crippen LogP contribution in [0.2, 0.25) is 0 Å². The van der Waals surface area contributed by atoms with Crippen LogP contribution in [0.1, 0.15) is 50.3 Å². The minimum absolute atomic E-state index is 0.0709. The van der Waals surface area contributed by atoms with Crippen molar-refractivity contribution in [2.24, 2.45) is 4.40 Å². The summed E-state index contributed by atoms with van der Waals surface area (Å²) in [5, 5.41) is 3.15. The Morgan fingerprint density at radius 3 is 2.27 bits per heavy atom. The lowest BCUT2D eigenvalue weighted by Crippen LogP contribution is -2.30. The Morgan fingerprint density at radius 1 is 1.00 bits per heavy atom. The molecule has 0 aromatic heterocycles. The maximum absolute atomic E-state index is 12.7. The highest BCUT2D eigenvalue weighted by Gasteiger charge is 2.21. The molecule has 1 unspecified atom stereocenters. The van der Waals surface area contributed by atoms with Crippen LogP contribution in [0.25, 0.3) is 0 Å². The van der Waals surface area contributed by atoms with Crippen LogP contribution >= 0.6 is 0 Å². The Hall–Kier alpha value is -2.93. The van der Waals surface area contributed by atoms with Crippen LogP contribution in [0.15, 0.2) is 76.3 Å². The number of aryl methyl sites for hydroxylation is 1. The second kappa shape index (κ2) is 9.71. The van der Waals surface area contributed by atoms with E-state index in [1.807, 2.05) is 48.5 Å². The van der Waals surface area contributed by atoms with Crippen molar-refractivity contribution in [2.45, 2.75) is 45.6 Å². The lowest BCUT2D eigenvalue weighted by molar-refractivity contribution is -0.121. The molecule has 1 aliphatic heterocycles. The van der Waals surface area contributed by atoms with Crippen molar-refractivity contribution in [3.8, 4) is 0 Å². The normalized spacial score (nSPS) is 16.4. The predicted octanol–water partition coefficient (Wildman–Crippen LogP) is 3.84. The summed E-state index contributed by atoms with van der Waals surface area (Å²) in [5.41, 5.74) is 4.03. The average Bonchev–Trinajstić information content (AvgIpc) is 2.71. The number of rotatable bonds is 8. The van der Waals surface area contributed by atoms with Gasteiger partial charge in [0, 0.05) is 12.1 Å². The zero-order valence-electron chi connectivity index (χ0n) is 17.3. The number of allylic oxidation sites excluding steroid dienone is 2. The summed E-state index contributed by atoms with van der Waals surface area (Å²) in [6, 6.07) is 20.1. The molecule has 2 N–H and O–H groups in total. The minimum Gasteiger partial charge on any atom is -0.349 e. The molecule has 3 rings (SSSR count). The maximum atomic E-state index is 12.7. The SMILES string of the molecule is CC1=NS(=O)(=O)NC(C)=C1CCC(=O)NC(CCc1ccccc1)c1ccccc1. The summed E-state index contributed by atoms with van der Waals surface area (Å²) in [4.78, 5) is 12.7. The van der Waals surface area contributed by atoms with Gasteiger partial charge in [0.05, 0.1) is 11.8 Å². The van der Waals surface area contributed by atoms with Crippen molar-refractivity contribution in [1.82, 2.24) is 10.0 Å². The molecule has 0 radical (unpaired) electrons. The first kappa shape index (κ1) is 21.8. The fourth-order valence-electron chi connectivity index (χ4n) is 3.62. The first-order valence-electron chi connectivity index (χ1n) is 10.0. The fraction of sp³-hybridized carbons (Fsp3) is 0.304. The Kier molecular flexibility index (Phi) is 7.05. The van der Waals surface area contributed by atoms with Crippen molar-refractivity contribution >= 4 is 21.8 Å². The molecule has 7 heteroatoms. The van der Waals surface area contributed by atoms with Crippen LogP contribution in [0.5, 0.6) is 0 Å². The zero-order chi connectivity index (χ0) is 21.6. The smallest absolute Gasteiger partial charge is 0.342 e. The van der Waals surface area contributed by atoms with Gasteiger partial charge in [-0.25, -0.2) is 0 Å². The van der Waals surface area contributed by atoms with Crippen molar-refractivity contribution in [1.29, 1.82) is 0 Å². The van der Waals surface area contributed by atoms with E-state index in [0.29, 0.717) is 17.8 Å². The monoisotopic (exact) mass is 425 g/mol. The van der Waals surface area contributed by atoms with Crippen molar-refractivity contribution in [3.05, 3.63) is 83.1 Å². The molecule has 1 amide bonds. The third kappa shape index (κ3) is 6.03. The maximum Gasteiger partial charge on any atom is 0.342 e. The quantitative estimate of drug-likeness (QED) is 0.674. The Balaban J connectivity index is 1.64. The number of amides is 1. The fourth-order valence-corrected chi connectivity index (χ4v) is 4.65. The minimum atomic E-state index is -3.66. The van der Waals surface area contributed by atoms with Crippen LogP contribution < -0.4 is 10.0 Å². The number of hydrogen-bond acceptors (Lipinski definition) is 3. The van der Waals surface area contributed by atoms with Crippen molar-refractivity contribution in [2.75, 3.05) is 0 Å². The zero-order valence-corrected chi connectivity index (χ0v) is 18.1. The van der Waals surface area contributed by atoms with Gasteiger partial charge in [0.15, 0.2) is 0 Å². The summed E-state index contributed by atoms with van der Waals surface area (Å²) >= 11 is 0. The molecule has 1 aliphatic rings. The standard InChI is InChI=1S/C23H27N3O3S/c1-17-21(18(2)26-30(28,29)25-17)14-16-23(27)24-22(20-11-7-4-8-12-20)15-13-19-9-5-3-6-10-19/h3-12,22,25H,13-16H2,1-2H3,(H,24,27). The van der Waals surface area contributed by atoms with Gasteiger partial charge in [0.25, 0.3) is 0 Å². The summed E-state index contributed by atoms with van der Waals surface area (Å²) in [5.74, 6) is -0.0709. The molecule has 30 heavy (non-hydrogen) atoms. The van der Waals surface area contributed by atoms with Gasteiger partial charge in [-0.05, 0) is 49.8 Å². The Labute approximate surface area is 178 Å². The largest absolute Gasteiger partial charge is 0.349 e. The highest BCUT2D eigenvalue weighted by atomic mass is 32.2. The molecular weight excluding hydrogens is 398 g/mol. The summed E-state index contributed by atoms with van der Waals surface area (Å²) < 4.78 is 29.4. The van der Waals surface area contributed by atoms with Crippen LogP contribution in [-0.4, -0.2) is 20.0 Å². The molecule has 1 atom stereocenters. The number of nitrogens with zero attached hydrogens (tertiary/aromatic N) is 1. The number of carbonyl (C=O) groups is 1. The molecule has 0 aliphatic carbocycles. The van der Waals surface area contributed by atoms with Crippen LogP contribution in [0.4, 0.5) is 0 Å². The van der Waals surface area contributed by atoms with E-state index in [-0.39, 0.29) is 18.4 Å². The third-order valence-electron chi connectivity index (χ3n) is 5.13. The van der Waals surface area contributed by atoms with Gasteiger partial charge in [-0.3, -0.25) is 9.52 Å². The third-order valence-corrected chi connectivity index (χ3v) is 6.21. The molecule has 6 nitrogen and oxygen atoms in total. The van der Waals surface area contributed by atoms with Crippen LogP contribution in [0, 0.1) is 0 Å². The lowest BCUT2D eigenvalue weighted by atomic mass is 9.98. The van der Waals surface area contributed by atoms with Gasteiger partial charge in [0.2, 0.25) is 5.91 Å². The van der Waals surface area contributed by atoms with Gasteiger partial charge in [-0.15, -0.1) is 4.40 Å². The molecule has 0 fully saturated rings. The van der Waals surface area contributed by atoms with E-state index in [9.17, 15) is 13.2 Å². The van der Waals surface area contributed by atoms with E-state index in [0.717, 1.165) is 24.0 Å². The predicted molar refractivity (Wildman–Crippen MR) is 119 cm³/mol. The first-order chi connectivity index (χ1) is 14.3. The van der Waals surface area contributed by atoms with Crippen molar-refractivity contribution < 1.29 is 13.2 Å². The van der Waals surface area contributed by atoms with Crippen molar-refractivity contribution in [3.63, 3.8) is 0 Å². The molecule has 0 saturated carbocycles. The van der Waals surface area contributed by atoms with Crippen LogP contribution in [0.3, 0.4) is 0 Å². The lowest BCUT2D eigenvalue weighted by Gasteiger charge is -2.21. The molecule has 2 aromatic rings.